The molecule has 156 valence electrons. The summed E-state index contributed by atoms with van der Waals surface area (Å²) in [6.07, 6.45) is 2.68. The lowest BCUT2D eigenvalue weighted by Gasteiger charge is -2.41. The highest BCUT2D eigenvalue weighted by Crippen LogP contribution is 2.25. The topological polar surface area (TPSA) is 119 Å². The molecule has 1 aliphatic heterocycles. The molecule has 2 amide bonds. The van der Waals surface area contributed by atoms with Crippen molar-refractivity contribution >= 4 is 23.4 Å². The number of Topliss-reactive ketones (excluding diaryl/α,β-unsaturated/α-hetero) is 1. The fourth-order valence-corrected chi connectivity index (χ4v) is 3.59. The molecule has 9 nitrogen and oxygen atoms in total. The molecule has 3 rings (SSSR count). The number of likely N-dealkylation sites (tertiary alicyclic amines) is 1. The number of amides is 2. The Morgan fingerprint density at radius 2 is 2.14 bits per heavy atom. The lowest BCUT2D eigenvalue weighted by Crippen LogP contribution is -2.61. The van der Waals surface area contributed by atoms with Crippen LogP contribution in [-0.4, -0.2) is 55.5 Å². The summed E-state index contributed by atoms with van der Waals surface area (Å²) in [6, 6.07) is 3.91. The minimum atomic E-state index is -0.574. The number of nitrogens with one attached hydrogen (secondary N) is 1. The van der Waals surface area contributed by atoms with Crippen LogP contribution in [-0.2, 0) is 11.3 Å². The smallest absolute Gasteiger partial charge is 0.318 e. The summed E-state index contributed by atoms with van der Waals surface area (Å²) >= 11 is 6.10. The van der Waals surface area contributed by atoms with Gasteiger partial charge in [0.15, 0.2) is 5.78 Å². The molecule has 3 N–H and O–H groups in total. The van der Waals surface area contributed by atoms with Crippen molar-refractivity contribution < 1.29 is 9.59 Å². The van der Waals surface area contributed by atoms with Crippen molar-refractivity contribution in [3.63, 3.8) is 0 Å². The molecular formula is C19H26ClN7O2. The van der Waals surface area contributed by atoms with Crippen LogP contribution in [0.25, 0.3) is 5.69 Å². The minimum Gasteiger partial charge on any atom is -0.334 e. The van der Waals surface area contributed by atoms with Gasteiger partial charge in [-0.15, -0.1) is 5.10 Å². The molecule has 2 heterocycles. The number of halogens is 1. The predicted molar refractivity (Wildman–Crippen MR) is 109 cm³/mol. The van der Waals surface area contributed by atoms with Gasteiger partial charge in [-0.2, -0.15) is 0 Å². The predicted octanol–water partition coefficient (Wildman–Crippen LogP) is 1.93. The number of nitrogens with zero attached hydrogens (tertiary/aromatic N) is 5. The molecule has 0 radical (unpaired) electrons. The maximum absolute atomic E-state index is 12.7. The highest BCUT2D eigenvalue weighted by Gasteiger charge is 2.40. The van der Waals surface area contributed by atoms with Gasteiger partial charge in [0.2, 0.25) is 0 Å². The Kier molecular flexibility index (Phi) is 6.18. The summed E-state index contributed by atoms with van der Waals surface area (Å²) in [6.45, 7) is 6.87. The van der Waals surface area contributed by atoms with Gasteiger partial charge in [0.25, 0.3) is 0 Å². The molecule has 0 spiro atoms. The summed E-state index contributed by atoms with van der Waals surface area (Å²) in [5.74, 6) is -0.0848. The zero-order valence-corrected chi connectivity index (χ0v) is 17.6. The average Bonchev–Trinajstić information content (AvgIpc) is 3.12. The number of rotatable bonds is 6. The van der Waals surface area contributed by atoms with E-state index in [2.05, 4.69) is 20.8 Å². The number of urea groups is 1. The molecule has 1 aliphatic rings. The van der Waals surface area contributed by atoms with E-state index in [9.17, 15) is 9.59 Å². The van der Waals surface area contributed by atoms with Crippen LogP contribution >= 0.6 is 11.6 Å². The van der Waals surface area contributed by atoms with Crippen molar-refractivity contribution in [1.29, 1.82) is 0 Å². The van der Waals surface area contributed by atoms with Crippen LogP contribution in [0.2, 0.25) is 5.02 Å². The third kappa shape index (κ3) is 5.10. The molecule has 0 bridgehead atoms. The Morgan fingerprint density at radius 3 is 2.72 bits per heavy atom. The Balaban J connectivity index is 1.63. The first kappa shape index (κ1) is 21.2. The fourth-order valence-electron chi connectivity index (χ4n) is 3.40. The van der Waals surface area contributed by atoms with Gasteiger partial charge in [-0.1, -0.05) is 32.4 Å². The van der Waals surface area contributed by atoms with Gasteiger partial charge in [-0.3, -0.25) is 4.79 Å². The highest BCUT2D eigenvalue weighted by molar-refractivity contribution is 6.30. The van der Waals surface area contributed by atoms with E-state index in [1.165, 1.54) is 15.9 Å². The maximum atomic E-state index is 12.7. The lowest BCUT2D eigenvalue weighted by atomic mass is 9.83. The van der Waals surface area contributed by atoms with E-state index in [0.29, 0.717) is 30.1 Å². The molecule has 2 aromatic rings. The third-order valence-electron chi connectivity index (χ3n) is 4.87. The second-order valence-corrected chi connectivity index (χ2v) is 8.89. The summed E-state index contributed by atoms with van der Waals surface area (Å²) < 4.78 is 1.50. The molecule has 2 atom stereocenters. The van der Waals surface area contributed by atoms with Crippen molar-refractivity contribution in [1.82, 2.24) is 30.4 Å². The van der Waals surface area contributed by atoms with Crippen LogP contribution in [0.5, 0.6) is 0 Å². The second kappa shape index (κ2) is 8.46. The first-order chi connectivity index (χ1) is 13.7. The molecule has 1 aromatic heterocycles. The second-order valence-electron chi connectivity index (χ2n) is 8.46. The first-order valence-electron chi connectivity index (χ1n) is 9.51. The molecule has 29 heavy (non-hydrogen) atoms. The third-order valence-corrected chi connectivity index (χ3v) is 5.11. The normalized spacial score (nSPS) is 17.6. The van der Waals surface area contributed by atoms with Crippen molar-refractivity contribution in [2.75, 3.05) is 6.54 Å². The first-order valence-corrected chi connectivity index (χ1v) is 9.89. The standard InChI is InChI=1S/C19H26ClN7O2/c1-19(2,3)9-14(21)17(28)16-6-7-26(16)18(29)22-10-12-8-13(20)4-5-15(12)27-11-23-24-25-27/h4-5,8,11,14,16H,6-7,9-10,21H2,1-3H3,(H,22,29)/t14-,16?/m1/s1. The Bertz CT molecular complexity index is 879. The summed E-state index contributed by atoms with van der Waals surface area (Å²) in [4.78, 5) is 26.8. The molecule has 0 saturated carbocycles. The number of nitrogens with two attached hydrogens (primary N) is 1. The Hall–Kier alpha value is -2.52. The van der Waals surface area contributed by atoms with E-state index in [-0.39, 0.29) is 23.8 Å². The number of benzene rings is 1. The fraction of sp³-hybridized carbons (Fsp3) is 0.526. The summed E-state index contributed by atoms with van der Waals surface area (Å²) in [5.41, 5.74) is 7.50. The van der Waals surface area contributed by atoms with Gasteiger partial charge in [-0.05, 0) is 52.4 Å². The van der Waals surface area contributed by atoms with Gasteiger partial charge in [0.05, 0.1) is 17.8 Å². The quantitative estimate of drug-likeness (QED) is 0.738. The van der Waals surface area contributed by atoms with Gasteiger partial charge < -0.3 is 16.0 Å². The van der Waals surface area contributed by atoms with E-state index in [1.54, 1.807) is 18.2 Å². The molecule has 1 unspecified atom stereocenters. The van der Waals surface area contributed by atoms with Gasteiger partial charge in [-0.25, -0.2) is 9.48 Å². The van der Waals surface area contributed by atoms with Crippen molar-refractivity contribution in [2.24, 2.45) is 11.1 Å². The molecular weight excluding hydrogens is 394 g/mol. The molecule has 1 saturated heterocycles. The number of aromatic nitrogens is 4. The van der Waals surface area contributed by atoms with Gasteiger partial charge in [0, 0.05) is 18.1 Å². The highest BCUT2D eigenvalue weighted by atomic mass is 35.5. The van der Waals surface area contributed by atoms with E-state index < -0.39 is 12.1 Å². The molecule has 0 aliphatic carbocycles. The van der Waals surface area contributed by atoms with E-state index in [0.717, 1.165) is 5.56 Å². The Morgan fingerprint density at radius 1 is 1.38 bits per heavy atom. The monoisotopic (exact) mass is 419 g/mol. The number of hydrogen-bond donors (Lipinski definition) is 2. The van der Waals surface area contributed by atoms with Gasteiger partial charge >= 0.3 is 6.03 Å². The number of tetrazole rings is 1. The van der Waals surface area contributed by atoms with Crippen molar-refractivity contribution in [3.8, 4) is 5.69 Å². The van der Waals surface area contributed by atoms with Crippen LogP contribution in [0.3, 0.4) is 0 Å². The summed E-state index contributed by atoms with van der Waals surface area (Å²) in [5, 5.41) is 14.5. The van der Waals surface area contributed by atoms with E-state index in [1.807, 2.05) is 20.8 Å². The molecule has 1 fully saturated rings. The average molecular weight is 420 g/mol. The van der Waals surface area contributed by atoms with Crippen LogP contribution in [0.4, 0.5) is 4.79 Å². The lowest BCUT2D eigenvalue weighted by molar-refractivity contribution is -0.128. The number of ketones is 1. The number of hydrogen-bond acceptors (Lipinski definition) is 6. The van der Waals surface area contributed by atoms with E-state index in [4.69, 9.17) is 17.3 Å². The zero-order valence-electron chi connectivity index (χ0n) is 16.8. The van der Waals surface area contributed by atoms with Crippen LogP contribution in [0, 0.1) is 5.41 Å². The summed E-state index contributed by atoms with van der Waals surface area (Å²) in [7, 11) is 0. The van der Waals surface area contributed by atoms with Crippen LogP contribution in [0.1, 0.15) is 39.2 Å². The Labute approximate surface area is 174 Å². The van der Waals surface area contributed by atoms with Crippen molar-refractivity contribution in [2.45, 2.75) is 52.2 Å². The molecule has 1 aromatic carbocycles. The largest absolute Gasteiger partial charge is 0.334 e. The number of carbonyl (C=O) groups excluding carboxylic acids is 2. The SMILES string of the molecule is CC(C)(C)C[C@@H](N)C(=O)C1CCN1C(=O)NCc1cc(Cl)ccc1-n1cnnn1. The van der Waals surface area contributed by atoms with E-state index >= 15 is 0 Å². The van der Waals surface area contributed by atoms with Crippen LogP contribution < -0.4 is 11.1 Å². The molecule has 10 heteroatoms. The maximum Gasteiger partial charge on any atom is 0.318 e. The van der Waals surface area contributed by atoms with Gasteiger partial charge in [0.1, 0.15) is 6.33 Å². The van der Waals surface area contributed by atoms with Crippen molar-refractivity contribution in [3.05, 3.63) is 35.1 Å². The number of carbonyl (C=O) groups is 2. The van der Waals surface area contributed by atoms with Crippen LogP contribution in [0.15, 0.2) is 24.5 Å². The zero-order chi connectivity index (χ0) is 21.2. The minimum absolute atomic E-state index is 0.0505.